The summed E-state index contributed by atoms with van der Waals surface area (Å²) < 4.78 is 5.84. The molecule has 1 heterocycles. The lowest BCUT2D eigenvalue weighted by molar-refractivity contribution is 0.247. The van der Waals surface area contributed by atoms with E-state index in [4.69, 9.17) is 21.6 Å². The number of anilines is 2. The van der Waals surface area contributed by atoms with Gasteiger partial charge in [0, 0.05) is 10.4 Å². The maximum Gasteiger partial charge on any atom is 0.325 e. The molecule has 0 saturated heterocycles. The number of ether oxygens (including phenoxy) is 1. The van der Waals surface area contributed by atoms with Crippen molar-refractivity contribution in [2.24, 2.45) is 5.41 Å². The summed E-state index contributed by atoms with van der Waals surface area (Å²) >= 11 is 6.02. The number of nitriles is 1. The molecule has 25 heavy (non-hydrogen) atoms. The number of halogens is 1. The Bertz CT molecular complexity index is 828. The summed E-state index contributed by atoms with van der Waals surface area (Å²) in [4.78, 5) is 19.9. The van der Waals surface area contributed by atoms with Crippen molar-refractivity contribution >= 4 is 29.1 Å². The molecule has 1 saturated carbocycles. The number of carbonyl (C=O) groups excluding carboxylic acids is 1. The monoisotopic (exact) mass is 357 g/mol. The molecule has 0 spiro atoms. The lowest BCUT2D eigenvalue weighted by Gasteiger charge is -2.15. The highest BCUT2D eigenvalue weighted by Crippen LogP contribution is 2.45. The Morgan fingerprint density at radius 1 is 1.36 bits per heavy atom. The molecule has 1 aromatic heterocycles. The summed E-state index contributed by atoms with van der Waals surface area (Å²) in [6, 6.07) is 6.41. The summed E-state index contributed by atoms with van der Waals surface area (Å²) in [5, 5.41) is 14.4. The van der Waals surface area contributed by atoms with Crippen LogP contribution in [0, 0.1) is 16.7 Å². The van der Waals surface area contributed by atoms with Crippen LogP contribution < -0.4 is 15.4 Å². The van der Waals surface area contributed by atoms with Crippen molar-refractivity contribution in [3.05, 3.63) is 41.3 Å². The maximum absolute atomic E-state index is 12.2. The lowest BCUT2D eigenvalue weighted by atomic mass is 10.2. The first kappa shape index (κ1) is 17.0. The van der Waals surface area contributed by atoms with Crippen LogP contribution in [-0.2, 0) is 0 Å². The molecule has 0 bridgehead atoms. The minimum absolute atomic E-state index is 0.171. The van der Waals surface area contributed by atoms with E-state index in [1.165, 1.54) is 12.4 Å². The number of amides is 2. The number of nitrogens with zero attached hydrogens (tertiary/aromatic N) is 3. The van der Waals surface area contributed by atoms with Gasteiger partial charge in [-0.05, 0) is 31.0 Å². The summed E-state index contributed by atoms with van der Waals surface area (Å²) in [6.45, 7) is 2.75. The third-order valence-electron chi connectivity index (χ3n) is 3.88. The summed E-state index contributed by atoms with van der Waals surface area (Å²) in [5.74, 6) is 0.782. The van der Waals surface area contributed by atoms with Gasteiger partial charge in [-0.1, -0.05) is 18.5 Å². The van der Waals surface area contributed by atoms with Gasteiger partial charge < -0.3 is 10.1 Å². The molecule has 1 fully saturated rings. The largest absolute Gasteiger partial charge is 0.491 e. The molecule has 2 N–H and O–H groups in total. The van der Waals surface area contributed by atoms with Crippen LogP contribution in [0.15, 0.2) is 30.6 Å². The van der Waals surface area contributed by atoms with Gasteiger partial charge >= 0.3 is 6.03 Å². The second kappa shape index (κ2) is 6.95. The average molecular weight is 358 g/mol. The number of hydrogen-bond donors (Lipinski definition) is 2. The predicted octanol–water partition coefficient (Wildman–Crippen LogP) is 3.82. The normalized spacial score (nSPS) is 14.3. The van der Waals surface area contributed by atoms with Gasteiger partial charge in [-0.25, -0.2) is 14.8 Å². The van der Waals surface area contributed by atoms with Gasteiger partial charge in [0.15, 0.2) is 11.5 Å². The van der Waals surface area contributed by atoms with Gasteiger partial charge in [0.1, 0.15) is 11.8 Å². The van der Waals surface area contributed by atoms with E-state index in [2.05, 4.69) is 27.5 Å². The van der Waals surface area contributed by atoms with Crippen molar-refractivity contribution in [1.82, 2.24) is 9.97 Å². The first-order chi connectivity index (χ1) is 12.0. The fraction of sp³-hybridized carbons (Fsp3) is 0.294. The molecule has 2 amide bonds. The summed E-state index contributed by atoms with van der Waals surface area (Å²) in [6.07, 6.45) is 4.86. The molecule has 1 aliphatic carbocycles. The van der Waals surface area contributed by atoms with Crippen LogP contribution >= 0.6 is 11.6 Å². The first-order valence-corrected chi connectivity index (χ1v) is 8.08. The van der Waals surface area contributed by atoms with E-state index in [1.54, 1.807) is 18.2 Å². The van der Waals surface area contributed by atoms with Gasteiger partial charge in [0.05, 0.1) is 24.7 Å². The molecule has 8 heteroatoms. The zero-order valence-corrected chi connectivity index (χ0v) is 14.3. The fourth-order valence-corrected chi connectivity index (χ4v) is 2.23. The summed E-state index contributed by atoms with van der Waals surface area (Å²) in [5.41, 5.74) is 0.859. The van der Waals surface area contributed by atoms with Gasteiger partial charge in [-0.15, -0.1) is 0 Å². The van der Waals surface area contributed by atoms with E-state index in [0.29, 0.717) is 23.1 Å². The maximum atomic E-state index is 12.2. The van der Waals surface area contributed by atoms with Crippen LogP contribution in [0.1, 0.15) is 25.5 Å². The lowest BCUT2D eigenvalue weighted by Crippen LogP contribution is -2.21. The Kier molecular flexibility index (Phi) is 4.72. The number of hydrogen-bond acceptors (Lipinski definition) is 5. The molecule has 1 aromatic carbocycles. The second-order valence-corrected chi connectivity index (χ2v) is 6.65. The Labute approximate surface area is 150 Å². The van der Waals surface area contributed by atoms with Gasteiger partial charge in [0.2, 0.25) is 0 Å². The van der Waals surface area contributed by atoms with Gasteiger partial charge in [0.25, 0.3) is 0 Å². The first-order valence-electron chi connectivity index (χ1n) is 7.70. The smallest absolute Gasteiger partial charge is 0.325 e. The van der Waals surface area contributed by atoms with E-state index in [-0.39, 0.29) is 16.9 Å². The van der Waals surface area contributed by atoms with Crippen LogP contribution in [0.2, 0.25) is 5.02 Å². The third-order valence-corrected chi connectivity index (χ3v) is 4.11. The van der Waals surface area contributed by atoms with Crippen LogP contribution in [0.25, 0.3) is 0 Å². The minimum Gasteiger partial charge on any atom is -0.491 e. The highest BCUT2D eigenvalue weighted by molar-refractivity contribution is 6.31. The van der Waals surface area contributed by atoms with E-state index in [1.807, 2.05) is 6.07 Å². The average Bonchev–Trinajstić information content (AvgIpc) is 3.32. The molecule has 0 unspecified atom stereocenters. The molecule has 1 aliphatic rings. The Balaban J connectivity index is 1.66. The van der Waals surface area contributed by atoms with Crippen molar-refractivity contribution in [3.63, 3.8) is 0 Å². The third kappa shape index (κ3) is 4.58. The molecule has 0 atom stereocenters. The Morgan fingerprint density at radius 3 is 2.80 bits per heavy atom. The van der Waals surface area contributed by atoms with Crippen LogP contribution in [0.5, 0.6) is 5.75 Å². The molecule has 128 valence electrons. The number of benzene rings is 1. The molecule has 7 nitrogen and oxygen atoms in total. The summed E-state index contributed by atoms with van der Waals surface area (Å²) in [7, 11) is 0. The standard InChI is InChI=1S/C17H16ClN5O2/c1-17(4-5-17)10-25-14-3-2-11(18)6-13(14)22-16(24)23-15-9-20-12(7-19)8-21-15/h2-3,6,8-9H,4-5,10H2,1H3,(H2,21,22,23,24). The number of aromatic nitrogens is 2. The number of carbonyl (C=O) groups is 1. The van der Waals surface area contributed by atoms with Crippen LogP contribution in [-0.4, -0.2) is 22.6 Å². The van der Waals surface area contributed by atoms with Crippen molar-refractivity contribution in [1.29, 1.82) is 5.26 Å². The zero-order chi connectivity index (χ0) is 17.9. The minimum atomic E-state index is -0.510. The quantitative estimate of drug-likeness (QED) is 0.847. The molecular weight excluding hydrogens is 342 g/mol. The fourth-order valence-electron chi connectivity index (χ4n) is 2.06. The van der Waals surface area contributed by atoms with Crippen molar-refractivity contribution in [2.45, 2.75) is 19.8 Å². The Hall–Kier alpha value is -2.85. The number of rotatable bonds is 5. The van der Waals surface area contributed by atoms with Crippen molar-refractivity contribution in [3.8, 4) is 11.8 Å². The van der Waals surface area contributed by atoms with E-state index in [9.17, 15) is 4.79 Å². The highest BCUT2D eigenvalue weighted by Gasteiger charge is 2.38. The van der Waals surface area contributed by atoms with Crippen LogP contribution in [0.3, 0.4) is 0 Å². The zero-order valence-electron chi connectivity index (χ0n) is 13.5. The number of urea groups is 1. The molecule has 3 rings (SSSR count). The molecule has 2 aromatic rings. The van der Waals surface area contributed by atoms with Crippen molar-refractivity contribution in [2.75, 3.05) is 17.2 Å². The van der Waals surface area contributed by atoms with Gasteiger partial charge in [-0.3, -0.25) is 5.32 Å². The Morgan fingerprint density at radius 2 is 2.16 bits per heavy atom. The predicted molar refractivity (Wildman–Crippen MR) is 93.7 cm³/mol. The van der Waals surface area contributed by atoms with E-state index in [0.717, 1.165) is 12.8 Å². The highest BCUT2D eigenvalue weighted by atomic mass is 35.5. The van der Waals surface area contributed by atoms with Gasteiger partial charge in [-0.2, -0.15) is 5.26 Å². The molecular formula is C17H16ClN5O2. The molecule has 0 radical (unpaired) electrons. The van der Waals surface area contributed by atoms with E-state index < -0.39 is 6.03 Å². The second-order valence-electron chi connectivity index (χ2n) is 6.22. The SMILES string of the molecule is CC1(COc2ccc(Cl)cc2NC(=O)Nc2cnc(C#N)cn2)CC1. The van der Waals surface area contributed by atoms with Crippen LogP contribution in [0.4, 0.5) is 16.3 Å². The topological polar surface area (TPSA) is 99.9 Å². The molecule has 0 aliphatic heterocycles. The van der Waals surface area contributed by atoms with E-state index >= 15 is 0 Å². The number of nitrogens with one attached hydrogen (secondary N) is 2. The van der Waals surface area contributed by atoms with Crippen molar-refractivity contribution < 1.29 is 9.53 Å².